The average Bonchev–Trinajstić information content (AvgIpc) is 2.56. The first-order valence-electron chi connectivity index (χ1n) is 7.50. The van der Waals surface area contributed by atoms with E-state index in [1.54, 1.807) is 35.2 Å². The van der Waals surface area contributed by atoms with Gasteiger partial charge in [-0.2, -0.15) is 0 Å². The Kier molecular flexibility index (Phi) is 4.22. The normalized spacial score (nSPS) is 11.1. The number of amides is 1. The van der Waals surface area contributed by atoms with Crippen LogP contribution in [0.2, 0.25) is 0 Å². The molecule has 1 aromatic heterocycles. The summed E-state index contributed by atoms with van der Waals surface area (Å²) in [7, 11) is 0. The van der Waals surface area contributed by atoms with Gasteiger partial charge in [0.25, 0.3) is 5.91 Å². The minimum absolute atomic E-state index is 0.0598. The minimum atomic E-state index is -0.0932. The van der Waals surface area contributed by atoms with E-state index in [0.717, 1.165) is 4.47 Å². The van der Waals surface area contributed by atoms with E-state index in [2.05, 4.69) is 15.9 Å². The van der Waals surface area contributed by atoms with E-state index in [1.807, 2.05) is 19.9 Å². The van der Waals surface area contributed by atoms with Gasteiger partial charge in [0.05, 0.1) is 10.8 Å². The first-order valence-corrected chi connectivity index (χ1v) is 8.29. The molecule has 118 valence electrons. The third-order valence-electron chi connectivity index (χ3n) is 3.93. The Hall–Kier alpha value is -2.14. The lowest BCUT2D eigenvalue weighted by molar-refractivity contribution is 0.0773. The van der Waals surface area contributed by atoms with Gasteiger partial charge in [0.1, 0.15) is 11.2 Å². The minimum Gasteiger partial charge on any atom is -0.456 e. The molecule has 3 aromatic rings. The molecular weight excluding hydrogens is 358 g/mol. The molecule has 1 heterocycles. The van der Waals surface area contributed by atoms with E-state index in [4.69, 9.17) is 4.42 Å². The number of fused-ring (bicyclic) bond motifs is 2. The molecule has 0 spiro atoms. The summed E-state index contributed by atoms with van der Waals surface area (Å²) in [5.41, 5.74) is 1.38. The highest BCUT2D eigenvalue weighted by Crippen LogP contribution is 2.23. The quantitative estimate of drug-likeness (QED) is 0.646. The smallest absolute Gasteiger partial charge is 0.253 e. The summed E-state index contributed by atoms with van der Waals surface area (Å²) in [4.78, 5) is 26.8. The maximum atomic E-state index is 12.6. The predicted octanol–water partition coefficient (Wildman–Crippen LogP) is 4.19. The lowest BCUT2D eigenvalue weighted by Crippen LogP contribution is -2.30. The Balaban J connectivity index is 2.21. The van der Waals surface area contributed by atoms with Crippen molar-refractivity contribution in [2.24, 2.45) is 0 Å². The van der Waals surface area contributed by atoms with Gasteiger partial charge in [-0.25, -0.2) is 0 Å². The number of hydrogen-bond donors (Lipinski definition) is 0. The van der Waals surface area contributed by atoms with Crippen LogP contribution in [0.3, 0.4) is 0 Å². The zero-order chi connectivity index (χ0) is 16.6. The lowest BCUT2D eigenvalue weighted by Gasteiger charge is -2.18. The van der Waals surface area contributed by atoms with Crippen molar-refractivity contribution in [3.05, 3.63) is 56.7 Å². The van der Waals surface area contributed by atoms with Crippen molar-refractivity contribution in [3.63, 3.8) is 0 Å². The predicted molar refractivity (Wildman–Crippen MR) is 94.9 cm³/mol. The van der Waals surface area contributed by atoms with Crippen LogP contribution in [0.5, 0.6) is 0 Å². The summed E-state index contributed by atoms with van der Waals surface area (Å²) in [5, 5.41) is 1.00. The van der Waals surface area contributed by atoms with Crippen molar-refractivity contribution < 1.29 is 9.21 Å². The van der Waals surface area contributed by atoms with Crippen LogP contribution >= 0.6 is 15.9 Å². The number of benzene rings is 2. The highest BCUT2D eigenvalue weighted by atomic mass is 79.9. The molecule has 1 amide bonds. The van der Waals surface area contributed by atoms with E-state index < -0.39 is 0 Å². The standard InChI is InChI=1S/C18H16BrNO3/c1-3-20(4-2)18(22)11-5-7-13-16(9-11)23-15-8-6-12(19)10-14(15)17(13)21/h5-10H,3-4H2,1-2H3. The largest absolute Gasteiger partial charge is 0.456 e. The molecule has 3 rings (SSSR count). The van der Waals surface area contributed by atoms with Crippen LogP contribution in [0.4, 0.5) is 0 Å². The summed E-state index contributed by atoms with van der Waals surface area (Å²) in [6.45, 7) is 5.16. The zero-order valence-electron chi connectivity index (χ0n) is 12.9. The topological polar surface area (TPSA) is 50.5 Å². The Labute approximate surface area is 141 Å². The number of hydrogen-bond acceptors (Lipinski definition) is 3. The fourth-order valence-electron chi connectivity index (χ4n) is 2.65. The number of nitrogens with zero attached hydrogens (tertiary/aromatic N) is 1. The fraction of sp³-hybridized carbons (Fsp3) is 0.222. The molecule has 0 aliphatic heterocycles. The summed E-state index contributed by atoms with van der Waals surface area (Å²) >= 11 is 3.36. The highest BCUT2D eigenvalue weighted by Gasteiger charge is 2.15. The van der Waals surface area contributed by atoms with Crippen molar-refractivity contribution in [2.45, 2.75) is 13.8 Å². The molecular formula is C18H16BrNO3. The van der Waals surface area contributed by atoms with Crippen molar-refractivity contribution in [1.82, 2.24) is 4.90 Å². The van der Waals surface area contributed by atoms with Gasteiger partial charge in [0, 0.05) is 23.1 Å². The Morgan fingerprint density at radius 2 is 1.78 bits per heavy atom. The Bertz CT molecular complexity index is 958. The Morgan fingerprint density at radius 3 is 2.48 bits per heavy atom. The number of halogens is 1. The maximum absolute atomic E-state index is 12.6. The van der Waals surface area contributed by atoms with Crippen LogP contribution in [-0.2, 0) is 0 Å². The Morgan fingerprint density at radius 1 is 1.04 bits per heavy atom. The maximum Gasteiger partial charge on any atom is 0.253 e. The summed E-state index contributed by atoms with van der Waals surface area (Å²) < 4.78 is 6.65. The molecule has 23 heavy (non-hydrogen) atoms. The van der Waals surface area contributed by atoms with Gasteiger partial charge in [-0.15, -0.1) is 0 Å². The molecule has 0 fully saturated rings. The molecule has 4 nitrogen and oxygen atoms in total. The highest BCUT2D eigenvalue weighted by molar-refractivity contribution is 9.10. The molecule has 0 unspecified atom stereocenters. The summed E-state index contributed by atoms with van der Waals surface area (Å²) in [6, 6.07) is 10.3. The van der Waals surface area contributed by atoms with E-state index >= 15 is 0 Å². The first kappa shape index (κ1) is 15.7. The van der Waals surface area contributed by atoms with Crippen molar-refractivity contribution in [2.75, 3.05) is 13.1 Å². The molecule has 2 aromatic carbocycles. The lowest BCUT2D eigenvalue weighted by atomic mass is 10.1. The van der Waals surface area contributed by atoms with Crippen LogP contribution in [0.15, 0.2) is 50.1 Å². The van der Waals surface area contributed by atoms with Crippen molar-refractivity contribution in [1.29, 1.82) is 0 Å². The molecule has 5 heteroatoms. The fourth-order valence-corrected chi connectivity index (χ4v) is 3.01. The molecule has 0 aliphatic carbocycles. The molecule has 0 bridgehead atoms. The second-order valence-electron chi connectivity index (χ2n) is 5.26. The van der Waals surface area contributed by atoms with Gasteiger partial charge in [-0.1, -0.05) is 15.9 Å². The van der Waals surface area contributed by atoms with Crippen LogP contribution in [0.25, 0.3) is 21.9 Å². The van der Waals surface area contributed by atoms with Crippen LogP contribution in [0, 0.1) is 0 Å². The van der Waals surface area contributed by atoms with E-state index in [1.165, 1.54) is 0 Å². The van der Waals surface area contributed by atoms with Gasteiger partial charge < -0.3 is 9.32 Å². The molecule has 0 aliphatic rings. The zero-order valence-corrected chi connectivity index (χ0v) is 14.5. The monoisotopic (exact) mass is 373 g/mol. The second kappa shape index (κ2) is 6.16. The van der Waals surface area contributed by atoms with Gasteiger partial charge in [-0.05, 0) is 50.2 Å². The third-order valence-corrected chi connectivity index (χ3v) is 4.42. The molecule has 0 radical (unpaired) electrons. The third kappa shape index (κ3) is 2.77. The number of carbonyl (C=O) groups is 1. The van der Waals surface area contributed by atoms with Crippen LogP contribution < -0.4 is 5.43 Å². The molecule has 0 atom stereocenters. The van der Waals surface area contributed by atoms with Gasteiger partial charge in [0.2, 0.25) is 5.43 Å². The van der Waals surface area contributed by atoms with Gasteiger partial charge in [0.15, 0.2) is 0 Å². The van der Waals surface area contributed by atoms with Crippen LogP contribution in [0.1, 0.15) is 24.2 Å². The molecule has 0 saturated carbocycles. The second-order valence-corrected chi connectivity index (χ2v) is 6.18. The SMILES string of the molecule is CCN(CC)C(=O)c1ccc2c(=O)c3cc(Br)ccc3oc2c1. The van der Waals surface area contributed by atoms with Crippen molar-refractivity contribution in [3.8, 4) is 0 Å². The van der Waals surface area contributed by atoms with E-state index in [0.29, 0.717) is 40.6 Å². The van der Waals surface area contributed by atoms with Crippen LogP contribution in [-0.4, -0.2) is 23.9 Å². The molecule has 0 saturated heterocycles. The van der Waals surface area contributed by atoms with E-state index in [9.17, 15) is 9.59 Å². The first-order chi connectivity index (χ1) is 11.0. The average molecular weight is 374 g/mol. The summed E-state index contributed by atoms with van der Waals surface area (Å²) in [6.07, 6.45) is 0. The van der Waals surface area contributed by atoms with Gasteiger partial charge in [-0.3, -0.25) is 9.59 Å². The van der Waals surface area contributed by atoms with Gasteiger partial charge >= 0.3 is 0 Å². The molecule has 0 N–H and O–H groups in total. The number of carbonyl (C=O) groups excluding carboxylic acids is 1. The van der Waals surface area contributed by atoms with E-state index in [-0.39, 0.29) is 11.3 Å². The number of rotatable bonds is 3. The van der Waals surface area contributed by atoms with Crippen molar-refractivity contribution >= 4 is 43.8 Å². The summed E-state index contributed by atoms with van der Waals surface area (Å²) in [5.74, 6) is -0.0598.